The van der Waals surface area contributed by atoms with Crippen LogP contribution in [0.5, 0.6) is 0 Å². The Morgan fingerprint density at radius 1 is 1.40 bits per heavy atom. The summed E-state index contributed by atoms with van der Waals surface area (Å²) >= 11 is 0. The predicted molar refractivity (Wildman–Crippen MR) is 55.3 cm³/mol. The van der Waals surface area contributed by atoms with Gasteiger partial charge in [0, 0.05) is 24.6 Å². The summed E-state index contributed by atoms with van der Waals surface area (Å²) in [5.41, 5.74) is 13.3. The van der Waals surface area contributed by atoms with E-state index in [0.717, 1.165) is 0 Å². The number of nitrogens with two attached hydrogens (primary N) is 1. The molecule has 0 aliphatic rings. The molecule has 0 aromatic carbocycles. The summed E-state index contributed by atoms with van der Waals surface area (Å²) in [6.07, 6.45) is -0.442. The molecule has 1 atom stereocenters. The van der Waals surface area contributed by atoms with Crippen LogP contribution in [-0.2, 0) is 14.2 Å². The number of rotatable bonds is 10. The van der Waals surface area contributed by atoms with Gasteiger partial charge in [-0.2, -0.15) is 0 Å². The summed E-state index contributed by atoms with van der Waals surface area (Å²) in [5, 5.41) is 3.34. The molecule has 7 heteroatoms. The second-order valence-electron chi connectivity index (χ2n) is 2.57. The molecule has 0 rings (SSSR count). The Bertz CT molecular complexity index is 177. The zero-order valence-corrected chi connectivity index (χ0v) is 8.96. The van der Waals surface area contributed by atoms with Gasteiger partial charge in [-0.25, -0.2) is 0 Å². The number of hydrogen-bond donors (Lipinski definition) is 1. The van der Waals surface area contributed by atoms with Crippen LogP contribution in [0.2, 0.25) is 0 Å². The highest BCUT2D eigenvalue weighted by atomic mass is 16.7. The highest BCUT2D eigenvalue weighted by Gasteiger charge is 2.08. The molecule has 0 radical (unpaired) electrons. The van der Waals surface area contributed by atoms with Crippen molar-refractivity contribution in [3.63, 3.8) is 0 Å². The third kappa shape index (κ3) is 9.45. The maximum absolute atomic E-state index is 8.04. The topological polar surface area (TPSA) is 102 Å². The fraction of sp³-hybridized carbons (Fsp3) is 1.00. The summed E-state index contributed by atoms with van der Waals surface area (Å²) in [7, 11) is 0. The molecule has 0 saturated carbocycles. The standard InChI is InChI=1S/C8H18N4O3/c1-2-13-7-8(14-5-3-9)15-6-4-11-12-10/h8H,2-7,9H2,1H3. The molecule has 0 aliphatic carbocycles. The molecule has 88 valence electrons. The van der Waals surface area contributed by atoms with Gasteiger partial charge < -0.3 is 19.9 Å². The minimum Gasteiger partial charge on any atom is -0.376 e. The quantitative estimate of drug-likeness (QED) is 0.191. The minimum absolute atomic E-state index is 0.283. The number of nitrogens with zero attached hydrogens (tertiary/aromatic N) is 3. The van der Waals surface area contributed by atoms with Gasteiger partial charge in [0.05, 0.1) is 19.8 Å². The van der Waals surface area contributed by atoms with Crippen LogP contribution in [0.25, 0.3) is 10.4 Å². The fourth-order valence-electron chi connectivity index (χ4n) is 0.828. The molecule has 0 saturated heterocycles. The lowest BCUT2D eigenvalue weighted by Gasteiger charge is -2.17. The van der Waals surface area contributed by atoms with Gasteiger partial charge in [0.25, 0.3) is 0 Å². The Hall–Kier alpha value is -0.850. The normalized spacial score (nSPS) is 12.1. The van der Waals surface area contributed by atoms with Gasteiger partial charge in [-0.3, -0.25) is 0 Å². The summed E-state index contributed by atoms with van der Waals surface area (Å²) < 4.78 is 15.7. The van der Waals surface area contributed by atoms with Gasteiger partial charge in [-0.05, 0) is 12.5 Å². The van der Waals surface area contributed by atoms with Crippen LogP contribution >= 0.6 is 0 Å². The molecule has 0 spiro atoms. The predicted octanol–water partition coefficient (Wildman–Crippen LogP) is 0.651. The van der Waals surface area contributed by atoms with Crippen LogP contribution in [0.15, 0.2) is 5.11 Å². The molecule has 15 heavy (non-hydrogen) atoms. The van der Waals surface area contributed by atoms with E-state index in [-0.39, 0.29) is 6.54 Å². The molecular weight excluding hydrogens is 200 g/mol. The lowest BCUT2D eigenvalue weighted by atomic mass is 10.6. The van der Waals surface area contributed by atoms with Crippen molar-refractivity contribution in [1.82, 2.24) is 0 Å². The van der Waals surface area contributed by atoms with Gasteiger partial charge in [0.15, 0.2) is 6.29 Å². The van der Waals surface area contributed by atoms with Gasteiger partial charge >= 0.3 is 0 Å². The Morgan fingerprint density at radius 2 is 2.13 bits per heavy atom. The van der Waals surface area contributed by atoms with Gasteiger partial charge in [-0.1, -0.05) is 5.11 Å². The highest BCUT2D eigenvalue weighted by Crippen LogP contribution is 1.96. The molecule has 0 aliphatic heterocycles. The summed E-state index contributed by atoms with van der Waals surface area (Å²) in [6, 6.07) is 0. The van der Waals surface area contributed by atoms with E-state index < -0.39 is 6.29 Å². The Labute approximate surface area is 89.1 Å². The number of hydrogen-bond acceptors (Lipinski definition) is 5. The van der Waals surface area contributed by atoms with E-state index in [1.807, 2.05) is 6.92 Å². The van der Waals surface area contributed by atoms with Crippen LogP contribution in [0.1, 0.15) is 6.92 Å². The van der Waals surface area contributed by atoms with Crippen molar-refractivity contribution in [3.05, 3.63) is 10.4 Å². The molecule has 1 unspecified atom stereocenters. The number of ether oxygens (including phenoxy) is 3. The average Bonchev–Trinajstić information content (AvgIpc) is 2.27. The Morgan fingerprint density at radius 3 is 2.73 bits per heavy atom. The van der Waals surface area contributed by atoms with Crippen LogP contribution in [0, 0.1) is 0 Å². The lowest BCUT2D eigenvalue weighted by molar-refractivity contribution is -0.168. The maximum Gasteiger partial charge on any atom is 0.180 e. The Kier molecular flexibility index (Phi) is 10.6. The molecule has 0 bridgehead atoms. The van der Waals surface area contributed by atoms with Crippen molar-refractivity contribution >= 4 is 0 Å². The first-order valence-electron chi connectivity index (χ1n) is 4.87. The first-order chi connectivity index (χ1) is 7.35. The molecule has 0 heterocycles. The van der Waals surface area contributed by atoms with Crippen LogP contribution in [0.3, 0.4) is 0 Å². The van der Waals surface area contributed by atoms with E-state index in [4.69, 9.17) is 25.5 Å². The van der Waals surface area contributed by atoms with Crippen molar-refractivity contribution in [1.29, 1.82) is 0 Å². The second-order valence-corrected chi connectivity index (χ2v) is 2.57. The monoisotopic (exact) mass is 218 g/mol. The van der Waals surface area contributed by atoms with E-state index >= 15 is 0 Å². The largest absolute Gasteiger partial charge is 0.376 e. The van der Waals surface area contributed by atoms with Crippen LogP contribution in [0.4, 0.5) is 0 Å². The van der Waals surface area contributed by atoms with Gasteiger partial charge in [0.2, 0.25) is 0 Å². The smallest absolute Gasteiger partial charge is 0.180 e. The maximum atomic E-state index is 8.04. The van der Waals surface area contributed by atoms with Crippen LogP contribution in [-0.4, -0.2) is 45.8 Å². The molecule has 0 aromatic heterocycles. The van der Waals surface area contributed by atoms with E-state index in [1.54, 1.807) is 0 Å². The summed E-state index contributed by atoms with van der Waals surface area (Å²) in [5.74, 6) is 0. The zero-order chi connectivity index (χ0) is 11.4. The minimum atomic E-state index is -0.442. The molecule has 0 aromatic rings. The lowest BCUT2D eigenvalue weighted by Crippen LogP contribution is -2.27. The number of azide groups is 1. The summed E-state index contributed by atoms with van der Waals surface area (Å²) in [4.78, 5) is 2.61. The van der Waals surface area contributed by atoms with E-state index in [2.05, 4.69) is 10.0 Å². The SMILES string of the molecule is CCOCC(OCCN)OCCN=[N+]=[N-]. The van der Waals surface area contributed by atoms with E-state index in [9.17, 15) is 0 Å². The Balaban J connectivity index is 3.62. The van der Waals surface area contributed by atoms with E-state index in [0.29, 0.717) is 33.0 Å². The second kappa shape index (κ2) is 11.2. The van der Waals surface area contributed by atoms with Crippen LogP contribution < -0.4 is 5.73 Å². The van der Waals surface area contributed by atoms with Crippen molar-refractivity contribution in [3.8, 4) is 0 Å². The van der Waals surface area contributed by atoms with Crippen molar-refractivity contribution < 1.29 is 14.2 Å². The zero-order valence-electron chi connectivity index (χ0n) is 8.96. The average molecular weight is 218 g/mol. The first-order valence-corrected chi connectivity index (χ1v) is 4.87. The van der Waals surface area contributed by atoms with Crippen molar-refractivity contribution in [2.45, 2.75) is 13.2 Å². The molecule has 2 N–H and O–H groups in total. The molecular formula is C8H18N4O3. The summed E-state index contributed by atoms with van der Waals surface area (Å²) in [6.45, 7) is 4.29. The highest BCUT2D eigenvalue weighted by molar-refractivity contribution is 4.48. The third-order valence-corrected chi connectivity index (χ3v) is 1.44. The first kappa shape index (κ1) is 14.2. The molecule has 0 amide bonds. The van der Waals surface area contributed by atoms with Crippen molar-refractivity contribution in [2.24, 2.45) is 10.8 Å². The van der Waals surface area contributed by atoms with Crippen molar-refractivity contribution in [2.75, 3.05) is 39.5 Å². The molecule has 0 fully saturated rings. The fourth-order valence-corrected chi connectivity index (χ4v) is 0.828. The van der Waals surface area contributed by atoms with Gasteiger partial charge in [0.1, 0.15) is 0 Å². The van der Waals surface area contributed by atoms with Gasteiger partial charge in [-0.15, -0.1) is 0 Å². The van der Waals surface area contributed by atoms with E-state index in [1.165, 1.54) is 0 Å². The molecule has 7 nitrogen and oxygen atoms in total. The third-order valence-electron chi connectivity index (χ3n) is 1.44.